The van der Waals surface area contributed by atoms with E-state index in [2.05, 4.69) is 33.8 Å². The molecule has 0 saturated heterocycles. The lowest BCUT2D eigenvalue weighted by atomic mass is 9.44. The molecule has 0 aromatic rings. The molecule has 4 aliphatic rings. The van der Waals surface area contributed by atoms with Crippen LogP contribution in [0.5, 0.6) is 0 Å². The number of hydrogen-bond acceptors (Lipinski definition) is 3. The van der Waals surface area contributed by atoms with Gasteiger partial charge in [-0.1, -0.05) is 27.7 Å². The van der Waals surface area contributed by atoms with E-state index < -0.39 is 0 Å². The lowest BCUT2D eigenvalue weighted by molar-refractivity contribution is -0.173. The molecule has 0 unspecified atom stereocenters. The highest BCUT2D eigenvalue weighted by Crippen LogP contribution is 2.67. The third-order valence-electron chi connectivity index (χ3n) is 9.46. The summed E-state index contributed by atoms with van der Waals surface area (Å²) in [5, 5.41) is 20.4. The molecule has 0 heterocycles. The minimum atomic E-state index is -0.290. The summed E-state index contributed by atoms with van der Waals surface area (Å²) in [5.74, 6) is 3.70. The predicted molar refractivity (Wildman–Crippen MR) is 107 cm³/mol. The second-order valence-corrected chi connectivity index (χ2v) is 11.2. The number of fused-ring (bicyclic) bond motifs is 5. The zero-order chi connectivity index (χ0) is 19.4. The number of nitriles is 1. The Balaban J connectivity index is 1.55. The van der Waals surface area contributed by atoms with E-state index >= 15 is 0 Å². The Morgan fingerprint density at radius 3 is 2.52 bits per heavy atom. The molecule has 0 aromatic heterocycles. The smallest absolute Gasteiger partial charge is 0.0839 e. The van der Waals surface area contributed by atoms with E-state index in [0.29, 0.717) is 17.3 Å². The average Bonchev–Trinajstić information content (AvgIpc) is 2.96. The van der Waals surface area contributed by atoms with Crippen LogP contribution in [0.1, 0.15) is 79.1 Å². The van der Waals surface area contributed by atoms with Gasteiger partial charge in [-0.25, -0.2) is 0 Å². The fraction of sp³-hybridized carbons (Fsp3) is 0.958. The van der Waals surface area contributed by atoms with Crippen LogP contribution in [-0.4, -0.2) is 23.9 Å². The molecule has 3 heteroatoms. The van der Waals surface area contributed by atoms with Gasteiger partial charge in [-0.2, -0.15) is 5.26 Å². The summed E-state index contributed by atoms with van der Waals surface area (Å²) in [7, 11) is 0. The maximum Gasteiger partial charge on any atom is 0.0839 e. The van der Waals surface area contributed by atoms with E-state index in [9.17, 15) is 10.4 Å². The van der Waals surface area contributed by atoms with Crippen molar-refractivity contribution < 1.29 is 9.84 Å². The molecule has 0 aromatic carbocycles. The van der Waals surface area contributed by atoms with Gasteiger partial charge in [0, 0.05) is 6.61 Å². The summed E-state index contributed by atoms with van der Waals surface area (Å²) in [5.41, 5.74) is 0.552. The normalized spacial score (nSPS) is 52.0. The number of nitrogens with zero attached hydrogens (tertiary/aromatic N) is 1. The Labute approximate surface area is 165 Å². The predicted octanol–water partition coefficient (Wildman–Crippen LogP) is 5.18. The fourth-order valence-electron chi connectivity index (χ4n) is 7.95. The zero-order valence-electron chi connectivity index (χ0n) is 17.8. The number of aliphatic hydroxyl groups excluding tert-OH is 1. The topological polar surface area (TPSA) is 53.2 Å². The molecule has 0 spiro atoms. The van der Waals surface area contributed by atoms with Crippen LogP contribution in [-0.2, 0) is 4.74 Å². The molecule has 1 N–H and O–H groups in total. The molecular formula is C24H39NO2. The second kappa shape index (κ2) is 7.03. The highest BCUT2D eigenvalue weighted by Gasteiger charge is 2.61. The molecule has 0 amide bonds. The Morgan fingerprint density at radius 2 is 1.81 bits per heavy atom. The lowest BCUT2D eigenvalue weighted by Gasteiger charge is -2.61. The van der Waals surface area contributed by atoms with Crippen LogP contribution in [0.25, 0.3) is 0 Å². The first-order valence-electron chi connectivity index (χ1n) is 11.5. The van der Waals surface area contributed by atoms with Gasteiger partial charge in [0.05, 0.1) is 24.2 Å². The molecule has 0 radical (unpaired) electrons. The average molecular weight is 374 g/mol. The van der Waals surface area contributed by atoms with Crippen molar-refractivity contribution in [3.8, 4) is 6.07 Å². The fourth-order valence-corrected chi connectivity index (χ4v) is 7.95. The van der Waals surface area contributed by atoms with Crippen molar-refractivity contribution in [3.63, 3.8) is 0 Å². The van der Waals surface area contributed by atoms with E-state index in [4.69, 9.17) is 4.74 Å². The van der Waals surface area contributed by atoms with Crippen LogP contribution in [0, 0.1) is 57.7 Å². The molecule has 4 aliphatic carbocycles. The zero-order valence-corrected chi connectivity index (χ0v) is 17.8. The van der Waals surface area contributed by atoms with E-state index in [1.165, 1.54) is 32.1 Å². The molecular weight excluding hydrogens is 334 g/mol. The number of ether oxygens (including phenoxy) is 1. The maximum absolute atomic E-state index is 10.7. The molecule has 27 heavy (non-hydrogen) atoms. The van der Waals surface area contributed by atoms with Crippen LogP contribution in [0.15, 0.2) is 0 Å². The van der Waals surface area contributed by atoms with Crippen LogP contribution < -0.4 is 0 Å². The molecule has 4 rings (SSSR count). The number of hydrogen-bond donors (Lipinski definition) is 1. The third kappa shape index (κ3) is 3.06. The van der Waals surface area contributed by atoms with Crippen molar-refractivity contribution in [2.75, 3.05) is 6.61 Å². The highest BCUT2D eigenvalue weighted by atomic mass is 16.5. The molecule has 3 nitrogen and oxygen atoms in total. The van der Waals surface area contributed by atoms with E-state index in [0.717, 1.165) is 43.6 Å². The summed E-state index contributed by atoms with van der Waals surface area (Å²) in [6.07, 6.45) is 9.10. The SMILES string of the molecule is CC(C)CO[C@H]1C[C@@]2(C)[C@@H](CC[C@@H]3[C@@H]2CC[C@]2(C)[C@H](C#N)CC[C@@H]32)C[C@@H]1O. The number of rotatable bonds is 3. The maximum atomic E-state index is 10.7. The van der Waals surface area contributed by atoms with Gasteiger partial charge in [0.1, 0.15) is 0 Å². The van der Waals surface area contributed by atoms with Crippen molar-refractivity contribution in [2.24, 2.45) is 46.3 Å². The Hall–Kier alpha value is -0.590. The van der Waals surface area contributed by atoms with Crippen LogP contribution in [0.4, 0.5) is 0 Å². The lowest BCUT2D eigenvalue weighted by Crippen LogP contribution is -2.57. The summed E-state index contributed by atoms with van der Waals surface area (Å²) in [6.45, 7) is 10.1. The summed E-state index contributed by atoms with van der Waals surface area (Å²) >= 11 is 0. The standard InChI is InChI=1S/C24H39NO2/c1-15(2)14-27-22-12-24(4)16(11-21(22)26)5-7-18-19-8-6-17(13-25)23(19,3)10-9-20(18)24/h15-22,26H,5-12,14H2,1-4H3/t16-,17-,18-,19-,20-,21-,22-,23+,24-/m0/s1. The van der Waals surface area contributed by atoms with Gasteiger partial charge < -0.3 is 9.84 Å². The molecule has 4 saturated carbocycles. The minimum Gasteiger partial charge on any atom is -0.390 e. The van der Waals surface area contributed by atoms with Gasteiger partial charge >= 0.3 is 0 Å². The summed E-state index contributed by atoms with van der Waals surface area (Å²) in [4.78, 5) is 0. The van der Waals surface area contributed by atoms with E-state index in [1.54, 1.807) is 0 Å². The molecule has 4 fully saturated rings. The first-order valence-corrected chi connectivity index (χ1v) is 11.5. The van der Waals surface area contributed by atoms with Gasteiger partial charge in [0.2, 0.25) is 0 Å². The first-order chi connectivity index (χ1) is 12.8. The molecule has 152 valence electrons. The van der Waals surface area contributed by atoms with Crippen molar-refractivity contribution in [1.82, 2.24) is 0 Å². The third-order valence-corrected chi connectivity index (χ3v) is 9.46. The van der Waals surface area contributed by atoms with Crippen LogP contribution in [0.2, 0.25) is 0 Å². The molecule has 0 bridgehead atoms. The van der Waals surface area contributed by atoms with Crippen molar-refractivity contribution in [1.29, 1.82) is 5.26 Å². The number of aliphatic hydroxyl groups is 1. The van der Waals surface area contributed by atoms with E-state index in [-0.39, 0.29) is 23.5 Å². The minimum absolute atomic E-state index is 0.0103. The first kappa shape index (κ1) is 19.7. The highest BCUT2D eigenvalue weighted by molar-refractivity contribution is 5.13. The largest absolute Gasteiger partial charge is 0.390 e. The Bertz CT molecular complexity index is 598. The second-order valence-electron chi connectivity index (χ2n) is 11.2. The van der Waals surface area contributed by atoms with Crippen LogP contribution >= 0.6 is 0 Å². The Kier molecular flexibility index (Phi) is 5.13. The van der Waals surface area contributed by atoms with Gasteiger partial charge in [-0.3, -0.25) is 0 Å². The quantitative estimate of drug-likeness (QED) is 0.741. The monoisotopic (exact) mass is 373 g/mol. The van der Waals surface area contributed by atoms with Crippen molar-refractivity contribution in [3.05, 3.63) is 0 Å². The van der Waals surface area contributed by atoms with Gasteiger partial charge in [0.15, 0.2) is 0 Å². The molecule has 0 aliphatic heterocycles. The van der Waals surface area contributed by atoms with E-state index in [1.807, 2.05) is 0 Å². The summed E-state index contributed by atoms with van der Waals surface area (Å²) < 4.78 is 6.20. The van der Waals surface area contributed by atoms with Gasteiger partial charge in [-0.05, 0) is 91.8 Å². The summed E-state index contributed by atoms with van der Waals surface area (Å²) in [6, 6.07) is 2.65. The van der Waals surface area contributed by atoms with Crippen LogP contribution in [0.3, 0.4) is 0 Å². The van der Waals surface area contributed by atoms with Crippen molar-refractivity contribution in [2.45, 2.75) is 91.3 Å². The molecule has 9 atom stereocenters. The van der Waals surface area contributed by atoms with Gasteiger partial charge in [-0.15, -0.1) is 0 Å². The Morgan fingerprint density at radius 1 is 1.07 bits per heavy atom. The van der Waals surface area contributed by atoms with Crippen molar-refractivity contribution >= 4 is 0 Å². The van der Waals surface area contributed by atoms with Gasteiger partial charge in [0.25, 0.3) is 0 Å².